The van der Waals surface area contributed by atoms with Gasteiger partial charge in [-0.15, -0.1) is 0 Å². The van der Waals surface area contributed by atoms with Crippen LogP contribution in [0.4, 0.5) is 15.8 Å². The summed E-state index contributed by atoms with van der Waals surface area (Å²) < 4.78 is 13.8. The number of amides is 1. The second-order valence-electron chi connectivity index (χ2n) is 4.19. The van der Waals surface area contributed by atoms with Gasteiger partial charge in [0.1, 0.15) is 5.82 Å². The number of hydrogen-bond acceptors (Lipinski definition) is 2. The number of nitrogens with one attached hydrogen (secondary N) is 2. The van der Waals surface area contributed by atoms with Crippen molar-refractivity contribution in [2.45, 2.75) is 6.92 Å². The second-order valence-corrected chi connectivity index (χ2v) is 5.04. The fourth-order valence-electron chi connectivity index (χ4n) is 1.73. The Balaban J connectivity index is 2.13. The van der Waals surface area contributed by atoms with Gasteiger partial charge in [0.05, 0.1) is 5.69 Å². The second kappa shape index (κ2) is 6.52. The highest BCUT2D eigenvalue weighted by Crippen LogP contribution is 2.23. The number of hydrogen-bond donors (Lipinski definition) is 2. The van der Waals surface area contributed by atoms with Crippen LogP contribution in [0.25, 0.3) is 0 Å². The van der Waals surface area contributed by atoms with E-state index in [9.17, 15) is 9.18 Å². The van der Waals surface area contributed by atoms with Gasteiger partial charge >= 0.3 is 0 Å². The van der Waals surface area contributed by atoms with Gasteiger partial charge in [-0.1, -0.05) is 0 Å². The number of rotatable bonds is 4. The Morgan fingerprint density at radius 2 is 1.90 bits per heavy atom. The molecule has 0 aromatic heterocycles. The fraction of sp³-hybridized carbons (Fsp3) is 0.133. The Labute approximate surface area is 125 Å². The largest absolute Gasteiger partial charge is 0.385 e. The normalized spacial score (nSPS) is 10.2. The summed E-state index contributed by atoms with van der Waals surface area (Å²) in [7, 11) is 0. The van der Waals surface area contributed by atoms with Gasteiger partial charge in [0.15, 0.2) is 0 Å². The van der Waals surface area contributed by atoms with Crippen molar-refractivity contribution in [2.75, 3.05) is 17.2 Å². The van der Waals surface area contributed by atoms with Crippen molar-refractivity contribution in [1.29, 1.82) is 0 Å². The minimum atomic E-state index is -0.397. The molecule has 2 rings (SSSR count). The molecule has 0 aliphatic rings. The summed E-state index contributed by atoms with van der Waals surface area (Å²) in [4.78, 5) is 12.1. The summed E-state index contributed by atoms with van der Waals surface area (Å²) >= 11 is 3.27. The molecule has 3 nitrogen and oxygen atoms in total. The standard InChI is InChI=1S/C15H14BrFN2O/c1-2-18-12-6-3-10(4-7-12)15(20)19-14-9-11(17)5-8-13(14)16/h3-9,18H,2H2,1H3,(H,19,20). The molecule has 0 aliphatic carbocycles. The average molecular weight is 337 g/mol. The molecule has 5 heteroatoms. The first-order chi connectivity index (χ1) is 9.60. The number of anilines is 2. The van der Waals surface area contributed by atoms with Crippen LogP contribution in [0.1, 0.15) is 17.3 Å². The van der Waals surface area contributed by atoms with E-state index in [1.165, 1.54) is 12.1 Å². The maximum absolute atomic E-state index is 13.2. The molecule has 0 unspecified atom stereocenters. The van der Waals surface area contributed by atoms with Crippen LogP contribution in [-0.4, -0.2) is 12.5 Å². The van der Waals surface area contributed by atoms with Crippen molar-refractivity contribution >= 4 is 33.2 Å². The van der Waals surface area contributed by atoms with Crippen molar-refractivity contribution in [3.8, 4) is 0 Å². The van der Waals surface area contributed by atoms with Crippen LogP contribution in [0, 0.1) is 5.82 Å². The SMILES string of the molecule is CCNc1ccc(C(=O)Nc2cc(F)ccc2Br)cc1. The van der Waals surface area contributed by atoms with Crippen LogP contribution in [0.3, 0.4) is 0 Å². The Kier molecular flexibility index (Phi) is 4.74. The molecule has 2 aromatic carbocycles. The third-order valence-corrected chi connectivity index (χ3v) is 3.40. The molecule has 2 aromatic rings. The van der Waals surface area contributed by atoms with Crippen LogP contribution in [0.2, 0.25) is 0 Å². The maximum Gasteiger partial charge on any atom is 0.255 e. The van der Waals surface area contributed by atoms with Gasteiger partial charge in [0.2, 0.25) is 0 Å². The van der Waals surface area contributed by atoms with Gasteiger partial charge in [0.25, 0.3) is 5.91 Å². The minimum absolute atomic E-state index is 0.278. The van der Waals surface area contributed by atoms with Crippen molar-refractivity contribution in [2.24, 2.45) is 0 Å². The lowest BCUT2D eigenvalue weighted by Crippen LogP contribution is -2.12. The molecule has 0 bridgehead atoms. The first kappa shape index (κ1) is 14.5. The lowest BCUT2D eigenvalue weighted by molar-refractivity contribution is 0.102. The highest BCUT2D eigenvalue weighted by molar-refractivity contribution is 9.10. The van der Waals surface area contributed by atoms with E-state index in [0.717, 1.165) is 12.2 Å². The Morgan fingerprint density at radius 3 is 2.55 bits per heavy atom. The molecule has 0 fully saturated rings. The van der Waals surface area contributed by atoms with Crippen LogP contribution < -0.4 is 10.6 Å². The van der Waals surface area contributed by atoms with Crippen molar-refractivity contribution in [1.82, 2.24) is 0 Å². The summed E-state index contributed by atoms with van der Waals surface area (Å²) in [5.41, 5.74) is 1.88. The lowest BCUT2D eigenvalue weighted by Gasteiger charge is -2.08. The van der Waals surface area contributed by atoms with E-state index in [2.05, 4.69) is 26.6 Å². The zero-order chi connectivity index (χ0) is 14.5. The molecule has 0 saturated heterocycles. The van der Waals surface area contributed by atoms with Crippen LogP contribution >= 0.6 is 15.9 Å². The van der Waals surface area contributed by atoms with Gasteiger partial charge in [-0.3, -0.25) is 4.79 Å². The Morgan fingerprint density at radius 1 is 1.20 bits per heavy atom. The molecule has 0 radical (unpaired) electrons. The zero-order valence-electron chi connectivity index (χ0n) is 10.9. The number of halogens is 2. The van der Waals surface area contributed by atoms with E-state index in [-0.39, 0.29) is 5.91 Å². The molecule has 0 atom stereocenters. The third kappa shape index (κ3) is 3.57. The lowest BCUT2D eigenvalue weighted by atomic mass is 10.2. The molecule has 0 aliphatic heterocycles. The van der Waals surface area contributed by atoms with E-state index in [1.807, 2.05) is 19.1 Å². The van der Waals surface area contributed by atoms with Gasteiger partial charge < -0.3 is 10.6 Å². The van der Waals surface area contributed by atoms with Crippen molar-refractivity contribution < 1.29 is 9.18 Å². The molecule has 20 heavy (non-hydrogen) atoms. The maximum atomic E-state index is 13.2. The third-order valence-electron chi connectivity index (χ3n) is 2.70. The highest BCUT2D eigenvalue weighted by atomic mass is 79.9. The van der Waals surface area contributed by atoms with Gasteiger partial charge in [-0.05, 0) is 65.3 Å². The average Bonchev–Trinajstić information content (AvgIpc) is 2.44. The minimum Gasteiger partial charge on any atom is -0.385 e. The molecule has 0 saturated carbocycles. The van der Waals surface area contributed by atoms with E-state index >= 15 is 0 Å². The fourth-order valence-corrected chi connectivity index (χ4v) is 2.08. The van der Waals surface area contributed by atoms with E-state index < -0.39 is 5.82 Å². The van der Waals surface area contributed by atoms with E-state index in [1.54, 1.807) is 18.2 Å². The molecule has 0 spiro atoms. The predicted molar refractivity (Wildman–Crippen MR) is 82.7 cm³/mol. The van der Waals surface area contributed by atoms with Crippen molar-refractivity contribution in [3.63, 3.8) is 0 Å². The summed E-state index contributed by atoms with van der Waals surface area (Å²) in [6.45, 7) is 2.82. The van der Waals surface area contributed by atoms with Crippen LogP contribution in [0.15, 0.2) is 46.9 Å². The molecule has 2 N–H and O–H groups in total. The Bertz CT molecular complexity index is 614. The quantitative estimate of drug-likeness (QED) is 0.875. The zero-order valence-corrected chi connectivity index (χ0v) is 12.5. The highest BCUT2D eigenvalue weighted by Gasteiger charge is 2.09. The number of carbonyl (C=O) groups excluding carboxylic acids is 1. The van der Waals surface area contributed by atoms with Crippen LogP contribution in [-0.2, 0) is 0 Å². The van der Waals surface area contributed by atoms with Crippen molar-refractivity contribution in [3.05, 3.63) is 58.3 Å². The molecule has 1 amide bonds. The molecule has 0 heterocycles. The van der Waals surface area contributed by atoms with Gasteiger partial charge in [-0.25, -0.2) is 4.39 Å². The Hall–Kier alpha value is -1.88. The molecular formula is C15H14BrFN2O. The summed E-state index contributed by atoms with van der Waals surface area (Å²) in [5.74, 6) is -0.676. The summed E-state index contributed by atoms with van der Waals surface area (Å²) in [5, 5.41) is 5.82. The van der Waals surface area contributed by atoms with E-state index in [4.69, 9.17) is 0 Å². The monoisotopic (exact) mass is 336 g/mol. The van der Waals surface area contributed by atoms with Gasteiger partial charge in [0, 0.05) is 22.3 Å². The van der Waals surface area contributed by atoms with Crippen LogP contribution in [0.5, 0.6) is 0 Å². The van der Waals surface area contributed by atoms with Gasteiger partial charge in [-0.2, -0.15) is 0 Å². The van der Waals surface area contributed by atoms with E-state index in [0.29, 0.717) is 15.7 Å². The summed E-state index contributed by atoms with van der Waals surface area (Å²) in [6.07, 6.45) is 0. The predicted octanol–water partition coefficient (Wildman–Crippen LogP) is 4.27. The number of carbonyl (C=O) groups is 1. The molecule has 104 valence electrons. The first-order valence-corrected chi connectivity index (χ1v) is 7.00. The number of benzene rings is 2. The topological polar surface area (TPSA) is 41.1 Å². The summed E-state index contributed by atoms with van der Waals surface area (Å²) in [6, 6.07) is 11.3. The smallest absolute Gasteiger partial charge is 0.255 e. The molecular weight excluding hydrogens is 323 g/mol. The first-order valence-electron chi connectivity index (χ1n) is 6.20.